The standard InChI is InChI=1S/C24H27FN4O2/c1-3-11-27-29-15(2)21(20-14-26-12-10-19(20)24(29)31)23(30)28-22(16-6-4-7-16)17-8-5-9-18(25)13-17/h5,8-10,12-14,16,22,27H,3-4,6-7,11H2,1-2H3,(H,28,30)/t22-/m0/s1. The molecule has 1 aliphatic carbocycles. The zero-order chi connectivity index (χ0) is 22.0. The van der Waals surface area contributed by atoms with Crippen LogP contribution in [0.2, 0.25) is 0 Å². The number of carbonyl (C=O) groups is 1. The average Bonchev–Trinajstić information content (AvgIpc) is 2.72. The molecule has 1 amide bonds. The molecule has 1 saturated carbocycles. The zero-order valence-electron chi connectivity index (χ0n) is 17.8. The minimum Gasteiger partial charge on any atom is -0.345 e. The molecule has 2 aromatic heterocycles. The molecule has 31 heavy (non-hydrogen) atoms. The van der Waals surface area contributed by atoms with Crippen molar-refractivity contribution in [1.82, 2.24) is 15.0 Å². The van der Waals surface area contributed by atoms with Gasteiger partial charge in [-0.3, -0.25) is 14.6 Å². The van der Waals surface area contributed by atoms with Gasteiger partial charge in [0.2, 0.25) is 0 Å². The van der Waals surface area contributed by atoms with Crippen molar-refractivity contribution in [3.05, 3.63) is 75.7 Å². The van der Waals surface area contributed by atoms with Crippen LogP contribution in [0, 0.1) is 18.7 Å². The van der Waals surface area contributed by atoms with Crippen LogP contribution >= 0.6 is 0 Å². The van der Waals surface area contributed by atoms with Crippen LogP contribution in [0.4, 0.5) is 4.39 Å². The molecule has 1 aliphatic rings. The van der Waals surface area contributed by atoms with Gasteiger partial charge in [0.1, 0.15) is 5.82 Å². The van der Waals surface area contributed by atoms with E-state index in [2.05, 4.69) is 15.7 Å². The highest BCUT2D eigenvalue weighted by atomic mass is 19.1. The highest BCUT2D eigenvalue weighted by Gasteiger charge is 2.31. The number of aromatic nitrogens is 2. The van der Waals surface area contributed by atoms with Crippen LogP contribution in [0.25, 0.3) is 10.8 Å². The molecule has 0 aliphatic heterocycles. The van der Waals surface area contributed by atoms with E-state index in [1.807, 2.05) is 13.0 Å². The molecule has 3 aromatic rings. The van der Waals surface area contributed by atoms with Gasteiger partial charge in [-0.15, -0.1) is 0 Å². The van der Waals surface area contributed by atoms with Gasteiger partial charge in [-0.1, -0.05) is 25.5 Å². The third-order valence-electron chi connectivity index (χ3n) is 6.08. The van der Waals surface area contributed by atoms with Gasteiger partial charge in [-0.2, -0.15) is 0 Å². The Morgan fingerprint density at radius 3 is 2.77 bits per heavy atom. The summed E-state index contributed by atoms with van der Waals surface area (Å²) in [6, 6.07) is 7.76. The predicted molar refractivity (Wildman–Crippen MR) is 119 cm³/mol. The first kappa shape index (κ1) is 21.0. The smallest absolute Gasteiger partial charge is 0.277 e. The molecular formula is C24H27FN4O2. The maximum Gasteiger partial charge on any atom is 0.277 e. The van der Waals surface area contributed by atoms with E-state index >= 15 is 0 Å². The Bertz CT molecular complexity index is 1170. The summed E-state index contributed by atoms with van der Waals surface area (Å²) < 4.78 is 15.3. The Morgan fingerprint density at radius 2 is 2.10 bits per heavy atom. The molecule has 2 N–H and O–H groups in total. The number of nitrogens with one attached hydrogen (secondary N) is 2. The highest BCUT2D eigenvalue weighted by molar-refractivity contribution is 6.07. The Kier molecular flexibility index (Phi) is 6.02. The molecule has 1 fully saturated rings. The second-order valence-electron chi connectivity index (χ2n) is 8.13. The second-order valence-corrected chi connectivity index (χ2v) is 8.13. The van der Waals surface area contributed by atoms with Gasteiger partial charge >= 0.3 is 0 Å². The largest absolute Gasteiger partial charge is 0.345 e. The van der Waals surface area contributed by atoms with E-state index in [4.69, 9.17) is 0 Å². The summed E-state index contributed by atoms with van der Waals surface area (Å²) in [6.07, 6.45) is 7.02. The number of halogens is 1. The summed E-state index contributed by atoms with van der Waals surface area (Å²) in [5.74, 6) is -0.345. The Morgan fingerprint density at radius 1 is 1.29 bits per heavy atom. The molecule has 4 rings (SSSR count). The van der Waals surface area contributed by atoms with Crippen LogP contribution in [-0.2, 0) is 0 Å². The van der Waals surface area contributed by atoms with Crippen molar-refractivity contribution in [2.75, 3.05) is 12.0 Å². The van der Waals surface area contributed by atoms with Gasteiger partial charge < -0.3 is 10.7 Å². The molecule has 0 bridgehead atoms. The van der Waals surface area contributed by atoms with Crippen LogP contribution in [-0.4, -0.2) is 22.1 Å². The number of carbonyl (C=O) groups excluding carboxylic acids is 1. The van der Waals surface area contributed by atoms with Crippen molar-refractivity contribution >= 4 is 16.7 Å². The second kappa shape index (κ2) is 8.88. The van der Waals surface area contributed by atoms with E-state index in [9.17, 15) is 14.0 Å². The molecule has 0 radical (unpaired) electrons. The number of nitrogens with zero attached hydrogens (tertiary/aromatic N) is 2. The lowest BCUT2D eigenvalue weighted by Crippen LogP contribution is -2.39. The Hall–Kier alpha value is -3.22. The lowest BCUT2D eigenvalue weighted by molar-refractivity contribution is 0.0900. The van der Waals surface area contributed by atoms with Crippen molar-refractivity contribution in [2.45, 2.75) is 45.6 Å². The third kappa shape index (κ3) is 4.04. The lowest BCUT2D eigenvalue weighted by Gasteiger charge is -2.35. The van der Waals surface area contributed by atoms with Gasteiger partial charge in [-0.05, 0) is 55.9 Å². The summed E-state index contributed by atoms with van der Waals surface area (Å²) in [6.45, 7) is 4.37. The van der Waals surface area contributed by atoms with Crippen molar-refractivity contribution in [3.8, 4) is 0 Å². The predicted octanol–water partition coefficient (Wildman–Crippen LogP) is 4.07. The summed E-state index contributed by atoms with van der Waals surface area (Å²) in [7, 11) is 0. The van der Waals surface area contributed by atoms with Gasteiger partial charge in [-0.25, -0.2) is 9.07 Å². The van der Waals surface area contributed by atoms with E-state index in [1.54, 1.807) is 31.5 Å². The number of hydrogen-bond donors (Lipinski definition) is 2. The monoisotopic (exact) mass is 422 g/mol. The molecule has 0 unspecified atom stereocenters. The van der Waals surface area contributed by atoms with Crippen molar-refractivity contribution in [3.63, 3.8) is 0 Å². The van der Waals surface area contributed by atoms with Gasteiger partial charge in [0.25, 0.3) is 11.5 Å². The first-order valence-corrected chi connectivity index (χ1v) is 10.8. The number of fused-ring (bicyclic) bond motifs is 1. The van der Waals surface area contributed by atoms with Crippen molar-refractivity contribution in [1.29, 1.82) is 0 Å². The quantitative estimate of drug-likeness (QED) is 0.602. The van der Waals surface area contributed by atoms with E-state index in [-0.39, 0.29) is 29.2 Å². The molecular weight excluding hydrogens is 395 g/mol. The van der Waals surface area contributed by atoms with Gasteiger partial charge in [0, 0.05) is 24.3 Å². The van der Waals surface area contributed by atoms with Crippen LogP contribution < -0.4 is 16.3 Å². The normalized spacial score (nSPS) is 14.8. The highest BCUT2D eigenvalue weighted by Crippen LogP contribution is 2.38. The minimum absolute atomic E-state index is 0.208. The number of benzene rings is 1. The van der Waals surface area contributed by atoms with Gasteiger partial charge in [0.15, 0.2) is 0 Å². The minimum atomic E-state index is -0.320. The number of amides is 1. The van der Waals surface area contributed by atoms with Gasteiger partial charge in [0.05, 0.1) is 22.7 Å². The van der Waals surface area contributed by atoms with Crippen LogP contribution in [0.15, 0.2) is 47.5 Å². The topological polar surface area (TPSA) is 76.0 Å². The fraction of sp³-hybridized carbons (Fsp3) is 0.375. The maximum atomic E-state index is 13.9. The fourth-order valence-electron chi connectivity index (χ4n) is 4.22. The SMILES string of the molecule is CCCNn1c(C)c(C(=O)N[C@H](c2cccc(F)c2)C2CCC2)c2cnccc2c1=O. The average molecular weight is 423 g/mol. The summed E-state index contributed by atoms with van der Waals surface area (Å²) >= 11 is 0. The molecule has 6 nitrogen and oxygen atoms in total. The summed E-state index contributed by atoms with van der Waals surface area (Å²) in [4.78, 5) is 30.7. The molecule has 0 saturated heterocycles. The molecule has 2 heterocycles. The molecule has 162 valence electrons. The van der Waals surface area contributed by atoms with E-state index in [1.165, 1.54) is 16.8 Å². The summed E-state index contributed by atoms with van der Waals surface area (Å²) in [5.41, 5.74) is 4.60. The molecule has 0 spiro atoms. The van der Waals surface area contributed by atoms with Crippen molar-refractivity contribution < 1.29 is 9.18 Å². The lowest BCUT2D eigenvalue weighted by atomic mass is 9.77. The number of hydrogen-bond acceptors (Lipinski definition) is 4. The Labute approximate surface area is 180 Å². The summed E-state index contributed by atoms with van der Waals surface area (Å²) in [5, 5.41) is 4.09. The molecule has 1 atom stereocenters. The van der Waals surface area contributed by atoms with Crippen LogP contribution in [0.1, 0.15) is 60.3 Å². The van der Waals surface area contributed by atoms with E-state index in [0.717, 1.165) is 31.2 Å². The number of pyridine rings is 2. The fourth-order valence-corrected chi connectivity index (χ4v) is 4.22. The Balaban J connectivity index is 1.78. The van der Waals surface area contributed by atoms with Crippen LogP contribution in [0.3, 0.4) is 0 Å². The van der Waals surface area contributed by atoms with Crippen LogP contribution in [0.5, 0.6) is 0 Å². The molecule has 7 heteroatoms. The first-order valence-electron chi connectivity index (χ1n) is 10.8. The third-order valence-corrected chi connectivity index (χ3v) is 6.08. The zero-order valence-corrected chi connectivity index (χ0v) is 17.8. The van der Waals surface area contributed by atoms with Crippen molar-refractivity contribution in [2.24, 2.45) is 5.92 Å². The maximum absolute atomic E-state index is 13.9. The molecule has 1 aromatic carbocycles. The van der Waals surface area contributed by atoms with E-state index < -0.39 is 0 Å². The number of rotatable bonds is 7. The first-order chi connectivity index (χ1) is 15.0. The van der Waals surface area contributed by atoms with E-state index in [0.29, 0.717) is 28.6 Å².